The van der Waals surface area contributed by atoms with E-state index < -0.39 is 0 Å². The molecule has 1 fully saturated rings. The van der Waals surface area contributed by atoms with Crippen LogP contribution in [0.25, 0.3) is 0 Å². The third kappa shape index (κ3) is 1.95. The minimum absolute atomic E-state index is 0.245. The third-order valence-electron chi connectivity index (χ3n) is 2.55. The van der Waals surface area contributed by atoms with E-state index in [0.29, 0.717) is 0 Å². The number of rotatable bonds is 1. The lowest BCUT2D eigenvalue weighted by atomic mass is 10.1. The van der Waals surface area contributed by atoms with Crippen molar-refractivity contribution in [2.75, 3.05) is 18.0 Å². The first kappa shape index (κ1) is 9.24. The summed E-state index contributed by atoms with van der Waals surface area (Å²) in [4.78, 5) is 20.0. The fraction of sp³-hybridized carbons (Fsp3) is 0.600. The molecule has 1 aliphatic heterocycles. The van der Waals surface area contributed by atoms with Gasteiger partial charge in [0, 0.05) is 18.8 Å². The first-order valence-corrected chi connectivity index (χ1v) is 5.08. The molecule has 76 valence electrons. The van der Waals surface area contributed by atoms with Gasteiger partial charge >= 0.3 is 5.69 Å². The number of hydrogen-bond acceptors (Lipinski definition) is 3. The van der Waals surface area contributed by atoms with E-state index >= 15 is 0 Å². The maximum absolute atomic E-state index is 11.2. The molecule has 0 amide bonds. The first-order chi connectivity index (χ1) is 6.75. The molecule has 1 N–H and O–H groups in total. The van der Waals surface area contributed by atoms with Crippen molar-refractivity contribution in [3.63, 3.8) is 0 Å². The first-order valence-electron chi connectivity index (χ1n) is 5.08. The highest BCUT2D eigenvalue weighted by atomic mass is 16.1. The number of hydrogen-bond donors (Lipinski definition) is 1. The summed E-state index contributed by atoms with van der Waals surface area (Å²) in [5, 5.41) is 0. The van der Waals surface area contributed by atoms with Crippen LogP contribution in [0.1, 0.15) is 25.0 Å². The Kier molecular flexibility index (Phi) is 2.52. The van der Waals surface area contributed by atoms with E-state index in [-0.39, 0.29) is 5.69 Å². The fourth-order valence-corrected chi connectivity index (χ4v) is 1.85. The van der Waals surface area contributed by atoms with Gasteiger partial charge in [0.05, 0.1) is 0 Å². The van der Waals surface area contributed by atoms with Gasteiger partial charge in [0.2, 0.25) is 0 Å². The summed E-state index contributed by atoms with van der Waals surface area (Å²) in [5.41, 5.74) is 0.635. The number of H-pyrrole nitrogens is 1. The molecule has 2 rings (SSSR count). The molecule has 0 spiro atoms. The van der Waals surface area contributed by atoms with Gasteiger partial charge in [-0.15, -0.1) is 0 Å². The normalized spacial score (nSPS) is 17.1. The van der Waals surface area contributed by atoms with Crippen LogP contribution < -0.4 is 10.6 Å². The molecule has 1 aromatic rings. The van der Waals surface area contributed by atoms with Gasteiger partial charge in [0.25, 0.3) is 0 Å². The molecule has 4 nitrogen and oxygen atoms in total. The molecule has 1 saturated heterocycles. The molecule has 0 aliphatic carbocycles. The van der Waals surface area contributed by atoms with E-state index in [4.69, 9.17) is 0 Å². The lowest BCUT2D eigenvalue weighted by Crippen LogP contribution is -2.32. The van der Waals surface area contributed by atoms with Gasteiger partial charge in [-0.25, -0.2) is 4.79 Å². The number of piperidine rings is 1. The van der Waals surface area contributed by atoms with Crippen molar-refractivity contribution in [1.29, 1.82) is 0 Å². The summed E-state index contributed by atoms with van der Waals surface area (Å²) >= 11 is 0. The highest BCUT2D eigenvalue weighted by Crippen LogP contribution is 2.16. The van der Waals surface area contributed by atoms with Crippen molar-refractivity contribution < 1.29 is 0 Å². The summed E-state index contributed by atoms with van der Waals surface area (Å²) < 4.78 is 0. The Bertz CT molecular complexity index is 366. The van der Waals surface area contributed by atoms with Crippen LogP contribution in [0.15, 0.2) is 10.9 Å². The largest absolute Gasteiger partial charge is 0.356 e. The van der Waals surface area contributed by atoms with Gasteiger partial charge in [-0.1, -0.05) is 0 Å². The Labute approximate surface area is 83.0 Å². The van der Waals surface area contributed by atoms with Crippen LogP contribution in [0.2, 0.25) is 0 Å². The van der Waals surface area contributed by atoms with Crippen molar-refractivity contribution in [2.24, 2.45) is 0 Å². The Morgan fingerprint density at radius 3 is 2.71 bits per heavy atom. The second kappa shape index (κ2) is 3.82. The molecular formula is C10H15N3O. The quantitative estimate of drug-likeness (QED) is 0.725. The molecule has 2 heterocycles. The van der Waals surface area contributed by atoms with Gasteiger partial charge in [-0.05, 0) is 32.3 Å². The summed E-state index contributed by atoms with van der Waals surface area (Å²) in [6.07, 6.45) is 3.69. The highest BCUT2D eigenvalue weighted by Gasteiger charge is 2.12. The fourth-order valence-electron chi connectivity index (χ4n) is 1.85. The standard InChI is InChI=1S/C10H15N3O/c1-8-7-9(12-10(14)11-8)13-5-3-2-4-6-13/h7H,2-6H2,1H3,(H,11,12,14). The lowest BCUT2D eigenvalue weighted by Gasteiger charge is -2.27. The van der Waals surface area contributed by atoms with Crippen molar-refractivity contribution in [3.05, 3.63) is 22.2 Å². The predicted molar refractivity (Wildman–Crippen MR) is 55.7 cm³/mol. The molecule has 1 aliphatic rings. The lowest BCUT2D eigenvalue weighted by molar-refractivity contribution is 0.572. The number of nitrogens with zero attached hydrogens (tertiary/aromatic N) is 2. The molecule has 0 atom stereocenters. The number of aromatic nitrogens is 2. The maximum atomic E-state index is 11.2. The molecule has 0 saturated carbocycles. The molecular weight excluding hydrogens is 178 g/mol. The van der Waals surface area contributed by atoms with E-state index in [1.165, 1.54) is 19.3 Å². The minimum atomic E-state index is -0.245. The average molecular weight is 193 g/mol. The molecule has 0 bridgehead atoms. The topological polar surface area (TPSA) is 49.0 Å². The Hall–Kier alpha value is -1.32. The van der Waals surface area contributed by atoms with E-state index in [1.54, 1.807) is 0 Å². The number of aromatic amines is 1. The summed E-state index contributed by atoms with van der Waals surface area (Å²) in [7, 11) is 0. The van der Waals surface area contributed by atoms with Crippen LogP contribution in [0.5, 0.6) is 0 Å². The maximum Gasteiger partial charge on any atom is 0.347 e. The number of anilines is 1. The summed E-state index contributed by atoms with van der Waals surface area (Å²) in [6, 6.07) is 1.94. The second-order valence-electron chi connectivity index (χ2n) is 3.78. The SMILES string of the molecule is Cc1cc(N2CCCCC2)nc(=O)[nH]1. The third-order valence-corrected chi connectivity index (χ3v) is 2.55. The molecule has 1 aromatic heterocycles. The molecule has 14 heavy (non-hydrogen) atoms. The molecule has 0 radical (unpaired) electrons. The molecule has 4 heteroatoms. The minimum Gasteiger partial charge on any atom is -0.356 e. The second-order valence-corrected chi connectivity index (χ2v) is 3.78. The van der Waals surface area contributed by atoms with E-state index in [1.807, 2.05) is 13.0 Å². The smallest absolute Gasteiger partial charge is 0.347 e. The van der Waals surface area contributed by atoms with Gasteiger partial charge in [-0.2, -0.15) is 4.98 Å². The molecule has 0 unspecified atom stereocenters. The van der Waals surface area contributed by atoms with Gasteiger partial charge in [-0.3, -0.25) is 0 Å². The zero-order valence-electron chi connectivity index (χ0n) is 8.42. The average Bonchev–Trinajstić information content (AvgIpc) is 2.18. The van der Waals surface area contributed by atoms with Gasteiger partial charge in [0.1, 0.15) is 5.82 Å². The summed E-state index contributed by atoms with van der Waals surface area (Å²) in [6.45, 7) is 3.93. The Morgan fingerprint density at radius 1 is 1.36 bits per heavy atom. The van der Waals surface area contributed by atoms with E-state index in [0.717, 1.165) is 24.6 Å². The van der Waals surface area contributed by atoms with Gasteiger partial charge in [0.15, 0.2) is 0 Å². The van der Waals surface area contributed by atoms with Crippen LogP contribution in [-0.4, -0.2) is 23.1 Å². The van der Waals surface area contributed by atoms with Crippen LogP contribution >= 0.6 is 0 Å². The summed E-state index contributed by atoms with van der Waals surface area (Å²) in [5.74, 6) is 0.825. The Balaban J connectivity index is 2.26. The highest BCUT2D eigenvalue weighted by molar-refractivity contribution is 5.38. The zero-order chi connectivity index (χ0) is 9.97. The van der Waals surface area contributed by atoms with Crippen molar-refractivity contribution in [1.82, 2.24) is 9.97 Å². The number of aryl methyl sites for hydroxylation is 1. The van der Waals surface area contributed by atoms with Crippen molar-refractivity contribution in [3.8, 4) is 0 Å². The predicted octanol–water partition coefficient (Wildman–Crippen LogP) is 1.07. The van der Waals surface area contributed by atoms with Crippen LogP contribution in [0, 0.1) is 6.92 Å². The monoisotopic (exact) mass is 193 g/mol. The molecule has 0 aromatic carbocycles. The van der Waals surface area contributed by atoms with Crippen molar-refractivity contribution in [2.45, 2.75) is 26.2 Å². The van der Waals surface area contributed by atoms with E-state index in [2.05, 4.69) is 14.9 Å². The van der Waals surface area contributed by atoms with Crippen molar-refractivity contribution >= 4 is 5.82 Å². The number of nitrogens with one attached hydrogen (secondary N) is 1. The van der Waals surface area contributed by atoms with Crippen LogP contribution in [-0.2, 0) is 0 Å². The zero-order valence-corrected chi connectivity index (χ0v) is 8.42. The van der Waals surface area contributed by atoms with Gasteiger partial charge < -0.3 is 9.88 Å². The van der Waals surface area contributed by atoms with Crippen LogP contribution in [0.4, 0.5) is 5.82 Å². The van der Waals surface area contributed by atoms with E-state index in [9.17, 15) is 4.79 Å². The Morgan fingerprint density at radius 2 is 2.07 bits per heavy atom. The van der Waals surface area contributed by atoms with Crippen LogP contribution in [0.3, 0.4) is 0 Å².